The highest BCUT2D eigenvalue weighted by Gasteiger charge is 2.03. The maximum atomic E-state index is 13.0. The largest absolute Gasteiger partial charge is 0.493 e. The molecule has 1 amide bonds. The van der Waals surface area contributed by atoms with Crippen LogP contribution in [-0.2, 0) is 4.79 Å². The number of nitrogens with one attached hydrogen (secondary N) is 1. The number of carbonyl (C=O) groups is 1. The van der Waals surface area contributed by atoms with Crippen LogP contribution in [0.2, 0.25) is 0 Å². The second kappa shape index (κ2) is 9.52. The Hall–Kier alpha value is -2.60. The first-order valence-electron chi connectivity index (χ1n) is 7.78. The van der Waals surface area contributed by atoms with E-state index in [1.807, 2.05) is 0 Å². The summed E-state index contributed by atoms with van der Waals surface area (Å²) in [5, 5.41) is 2.80. The van der Waals surface area contributed by atoms with E-state index in [9.17, 15) is 9.18 Å². The molecule has 0 aliphatic heterocycles. The van der Waals surface area contributed by atoms with Crippen LogP contribution in [0, 0.1) is 5.82 Å². The van der Waals surface area contributed by atoms with Gasteiger partial charge in [0, 0.05) is 24.7 Å². The van der Waals surface area contributed by atoms with E-state index in [-0.39, 0.29) is 11.7 Å². The molecule has 2 aromatic carbocycles. The molecule has 5 nitrogen and oxygen atoms in total. The number of ether oxygens (including phenoxy) is 2. The highest BCUT2D eigenvalue weighted by atomic mass is 19.1. The van der Waals surface area contributed by atoms with Crippen molar-refractivity contribution in [1.29, 1.82) is 0 Å². The predicted molar refractivity (Wildman–Crippen MR) is 90.8 cm³/mol. The minimum absolute atomic E-state index is 0.103. The van der Waals surface area contributed by atoms with E-state index in [1.54, 1.807) is 36.4 Å². The van der Waals surface area contributed by atoms with E-state index in [0.29, 0.717) is 49.8 Å². The number of carbonyl (C=O) groups excluding carboxylic acids is 1. The molecule has 128 valence electrons. The van der Waals surface area contributed by atoms with Crippen molar-refractivity contribution >= 4 is 11.6 Å². The van der Waals surface area contributed by atoms with Crippen LogP contribution in [0.15, 0.2) is 48.5 Å². The smallest absolute Gasteiger partial charge is 0.224 e. The molecule has 0 saturated heterocycles. The summed E-state index contributed by atoms with van der Waals surface area (Å²) in [6.45, 7) is 1.26. The first kappa shape index (κ1) is 17.7. The Balaban J connectivity index is 1.67. The second-order valence-electron chi connectivity index (χ2n) is 5.12. The average Bonchev–Trinajstić information content (AvgIpc) is 2.58. The first-order chi connectivity index (χ1) is 11.7. The number of anilines is 1. The number of hydrogen-bond donors (Lipinski definition) is 2. The Morgan fingerprint density at radius 1 is 1.04 bits per heavy atom. The molecule has 0 aromatic heterocycles. The van der Waals surface area contributed by atoms with Crippen molar-refractivity contribution in [3.8, 4) is 11.5 Å². The molecule has 6 heteroatoms. The van der Waals surface area contributed by atoms with Crippen LogP contribution >= 0.6 is 0 Å². The van der Waals surface area contributed by atoms with Gasteiger partial charge in [0.05, 0.1) is 6.61 Å². The van der Waals surface area contributed by atoms with Gasteiger partial charge in [0.1, 0.15) is 23.9 Å². The molecule has 0 spiro atoms. The number of benzene rings is 2. The Labute approximate surface area is 140 Å². The SMILES string of the molecule is NCCOc1ccc(NC(=O)CCCOc2cccc(F)c2)cc1. The second-order valence-corrected chi connectivity index (χ2v) is 5.12. The number of nitrogens with two attached hydrogens (primary N) is 1. The molecule has 0 aliphatic rings. The fourth-order valence-electron chi connectivity index (χ4n) is 2.01. The number of rotatable bonds is 9. The van der Waals surface area contributed by atoms with Gasteiger partial charge in [0.25, 0.3) is 0 Å². The Bertz CT molecular complexity index is 647. The summed E-state index contributed by atoms with van der Waals surface area (Å²) in [6.07, 6.45) is 0.862. The molecule has 0 bridgehead atoms. The third-order valence-electron chi connectivity index (χ3n) is 3.14. The zero-order valence-electron chi connectivity index (χ0n) is 13.3. The number of amides is 1. The van der Waals surface area contributed by atoms with Crippen molar-refractivity contribution in [3.05, 3.63) is 54.3 Å². The van der Waals surface area contributed by atoms with Gasteiger partial charge in [0.2, 0.25) is 5.91 Å². The first-order valence-corrected chi connectivity index (χ1v) is 7.78. The van der Waals surface area contributed by atoms with Crippen LogP contribution in [0.1, 0.15) is 12.8 Å². The van der Waals surface area contributed by atoms with Crippen LogP contribution in [0.4, 0.5) is 10.1 Å². The lowest BCUT2D eigenvalue weighted by molar-refractivity contribution is -0.116. The highest BCUT2D eigenvalue weighted by Crippen LogP contribution is 2.16. The number of halogens is 1. The summed E-state index contributed by atoms with van der Waals surface area (Å²) in [6, 6.07) is 13.0. The van der Waals surface area contributed by atoms with Crippen LogP contribution in [0.5, 0.6) is 11.5 Å². The molecule has 2 aromatic rings. The summed E-state index contributed by atoms with van der Waals surface area (Å²) in [4.78, 5) is 11.9. The van der Waals surface area contributed by atoms with Crippen LogP contribution in [0.3, 0.4) is 0 Å². The van der Waals surface area contributed by atoms with Gasteiger partial charge in [-0.1, -0.05) is 6.07 Å². The minimum atomic E-state index is -0.343. The van der Waals surface area contributed by atoms with Crippen LogP contribution in [-0.4, -0.2) is 25.7 Å². The Kier molecular flexibility index (Phi) is 7.04. The van der Waals surface area contributed by atoms with Gasteiger partial charge in [-0.3, -0.25) is 4.79 Å². The highest BCUT2D eigenvalue weighted by molar-refractivity contribution is 5.90. The average molecular weight is 332 g/mol. The summed E-state index contributed by atoms with van der Waals surface area (Å²) in [7, 11) is 0. The summed E-state index contributed by atoms with van der Waals surface area (Å²) >= 11 is 0. The van der Waals surface area contributed by atoms with Crippen molar-refractivity contribution < 1.29 is 18.7 Å². The minimum Gasteiger partial charge on any atom is -0.493 e. The monoisotopic (exact) mass is 332 g/mol. The molecular weight excluding hydrogens is 311 g/mol. The Morgan fingerprint density at radius 2 is 1.79 bits per heavy atom. The topological polar surface area (TPSA) is 73.6 Å². The third kappa shape index (κ3) is 6.26. The van der Waals surface area contributed by atoms with E-state index >= 15 is 0 Å². The fraction of sp³-hybridized carbons (Fsp3) is 0.278. The van der Waals surface area contributed by atoms with E-state index in [4.69, 9.17) is 15.2 Å². The number of hydrogen-bond acceptors (Lipinski definition) is 4. The lowest BCUT2D eigenvalue weighted by Crippen LogP contribution is -2.13. The Morgan fingerprint density at radius 3 is 2.50 bits per heavy atom. The molecular formula is C18H21FN2O3. The lowest BCUT2D eigenvalue weighted by atomic mass is 10.2. The quantitative estimate of drug-likeness (QED) is 0.693. The summed E-state index contributed by atoms with van der Waals surface area (Å²) < 4.78 is 23.7. The van der Waals surface area contributed by atoms with Gasteiger partial charge in [-0.2, -0.15) is 0 Å². The molecule has 0 aliphatic carbocycles. The van der Waals surface area contributed by atoms with Crippen molar-refractivity contribution in [3.63, 3.8) is 0 Å². The van der Waals surface area contributed by atoms with Crippen LogP contribution in [0.25, 0.3) is 0 Å². The molecule has 24 heavy (non-hydrogen) atoms. The van der Waals surface area contributed by atoms with Crippen molar-refractivity contribution in [2.24, 2.45) is 5.73 Å². The summed E-state index contributed by atoms with van der Waals surface area (Å²) in [5.74, 6) is 0.725. The van der Waals surface area contributed by atoms with E-state index in [2.05, 4.69) is 5.32 Å². The van der Waals surface area contributed by atoms with Gasteiger partial charge < -0.3 is 20.5 Å². The predicted octanol–water partition coefficient (Wildman–Crippen LogP) is 2.96. The van der Waals surface area contributed by atoms with E-state index in [0.717, 1.165) is 0 Å². The van der Waals surface area contributed by atoms with Crippen molar-refractivity contribution in [1.82, 2.24) is 0 Å². The van der Waals surface area contributed by atoms with Gasteiger partial charge in [0.15, 0.2) is 0 Å². The molecule has 0 saturated carbocycles. The van der Waals surface area contributed by atoms with E-state index < -0.39 is 0 Å². The fourth-order valence-corrected chi connectivity index (χ4v) is 2.01. The van der Waals surface area contributed by atoms with Gasteiger partial charge in [-0.05, 0) is 42.8 Å². The lowest BCUT2D eigenvalue weighted by Gasteiger charge is -2.08. The summed E-state index contributed by atoms with van der Waals surface area (Å²) in [5.41, 5.74) is 6.06. The zero-order valence-corrected chi connectivity index (χ0v) is 13.3. The molecule has 0 atom stereocenters. The van der Waals surface area contributed by atoms with Gasteiger partial charge in [-0.25, -0.2) is 4.39 Å². The van der Waals surface area contributed by atoms with Crippen molar-refractivity contribution in [2.75, 3.05) is 25.1 Å². The van der Waals surface area contributed by atoms with Crippen LogP contribution < -0.4 is 20.5 Å². The molecule has 2 rings (SSSR count). The maximum Gasteiger partial charge on any atom is 0.224 e. The van der Waals surface area contributed by atoms with Crippen molar-refractivity contribution in [2.45, 2.75) is 12.8 Å². The standard InChI is InChI=1S/C18H21FN2O3/c19-14-3-1-4-17(13-14)23-11-2-5-18(22)21-15-6-8-16(9-7-15)24-12-10-20/h1,3-4,6-9,13H,2,5,10-12,20H2,(H,21,22). The van der Waals surface area contributed by atoms with E-state index in [1.165, 1.54) is 12.1 Å². The van der Waals surface area contributed by atoms with Gasteiger partial charge in [-0.15, -0.1) is 0 Å². The molecule has 3 N–H and O–H groups in total. The molecule has 0 heterocycles. The molecule has 0 radical (unpaired) electrons. The van der Waals surface area contributed by atoms with Gasteiger partial charge >= 0.3 is 0 Å². The molecule has 0 fully saturated rings. The zero-order chi connectivity index (χ0) is 17.2. The maximum absolute atomic E-state index is 13.0. The third-order valence-corrected chi connectivity index (χ3v) is 3.14. The normalized spacial score (nSPS) is 10.2. The molecule has 0 unspecified atom stereocenters.